The minimum atomic E-state index is -1.17. The van der Waals surface area contributed by atoms with E-state index >= 15 is 0 Å². The van der Waals surface area contributed by atoms with Gasteiger partial charge in [0.25, 0.3) is 5.91 Å². The number of likely N-dealkylation sites (tertiary alicyclic amines) is 1. The van der Waals surface area contributed by atoms with E-state index in [1.807, 2.05) is 11.9 Å². The number of amides is 1. The summed E-state index contributed by atoms with van der Waals surface area (Å²) in [5.41, 5.74) is -1.17. The second-order valence-electron chi connectivity index (χ2n) is 7.40. The van der Waals surface area contributed by atoms with Crippen molar-refractivity contribution in [2.24, 2.45) is 5.92 Å². The third-order valence-corrected chi connectivity index (χ3v) is 5.30. The SMILES string of the molecule is CC(C)N(C)C[C@]1(O)CCCN(CC2CCCCC2)C1=O. The van der Waals surface area contributed by atoms with Gasteiger partial charge in [-0.25, -0.2) is 0 Å². The smallest absolute Gasteiger partial charge is 0.255 e. The van der Waals surface area contributed by atoms with E-state index in [4.69, 9.17) is 0 Å². The van der Waals surface area contributed by atoms with Crippen LogP contribution in [0.1, 0.15) is 58.8 Å². The van der Waals surface area contributed by atoms with Gasteiger partial charge in [0.15, 0.2) is 5.60 Å². The minimum absolute atomic E-state index is 0.0353. The quantitative estimate of drug-likeness (QED) is 0.846. The molecular weight excluding hydrogens is 264 g/mol. The lowest BCUT2D eigenvalue weighted by Gasteiger charge is -2.42. The normalized spacial score (nSPS) is 28.7. The molecule has 21 heavy (non-hydrogen) atoms. The number of hydrogen-bond acceptors (Lipinski definition) is 3. The van der Waals surface area contributed by atoms with E-state index in [9.17, 15) is 9.90 Å². The first-order chi connectivity index (χ1) is 9.92. The van der Waals surface area contributed by atoms with Crippen LogP contribution in [0.5, 0.6) is 0 Å². The number of carbonyl (C=O) groups excluding carboxylic acids is 1. The highest BCUT2D eigenvalue weighted by molar-refractivity contribution is 5.86. The maximum Gasteiger partial charge on any atom is 0.255 e. The molecule has 0 aromatic heterocycles. The van der Waals surface area contributed by atoms with E-state index in [0.717, 1.165) is 19.5 Å². The van der Waals surface area contributed by atoms with E-state index in [0.29, 0.717) is 24.9 Å². The fraction of sp³-hybridized carbons (Fsp3) is 0.941. The lowest BCUT2D eigenvalue weighted by Crippen LogP contribution is -2.59. The molecule has 1 saturated carbocycles. The molecule has 1 aliphatic carbocycles. The first-order valence-electron chi connectivity index (χ1n) is 8.64. The zero-order valence-electron chi connectivity index (χ0n) is 14.0. The van der Waals surface area contributed by atoms with E-state index in [1.54, 1.807) is 0 Å². The third-order valence-electron chi connectivity index (χ3n) is 5.30. The van der Waals surface area contributed by atoms with Crippen molar-refractivity contribution in [3.8, 4) is 0 Å². The molecule has 1 atom stereocenters. The second kappa shape index (κ2) is 7.10. The van der Waals surface area contributed by atoms with E-state index < -0.39 is 5.60 Å². The lowest BCUT2D eigenvalue weighted by atomic mass is 9.86. The summed E-state index contributed by atoms with van der Waals surface area (Å²) < 4.78 is 0. The predicted octanol–water partition coefficient (Wildman–Crippen LogP) is 2.26. The van der Waals surface area contributed by atoms with Gasteiger partial charge in [0.05, 0.1) is 0 Å². The molecule has 122 valence electrons. The zero-order valence-corrected chi connectivity index (χ0v) is 14.0. The second-order valence-corrected chi connectivity index (χ2v) is 7.40. The molecule has 1 heterocycles. The number of likely N-dealkylation sites (N-methyl/N-ethyl adjacent to an activating group) is 1. The summed E-state index contributed by atoms with van der Waals surface area (Å²) in [6.45, 7) is 6.31. The number of rotatable bonds is 5. The molecular formula is C17H32N2O2. The van der Waals surface area contributed by atoms with Crippen molar-refractivity contribution >= 4 is 5.91 Å². The number of carbonyl (C=O) groups is 1. The van der Waals surface area contributed by atoms with Crippen LogP contribution in [0.4, 0.5) is 0 Å². The number of nitrogens with zero attached hydrogens (tertiary/aromatic N) is 2. The Labute approximate surface area is 129 Å². The van der Waals surface area contributed by atoms with Crippen molar-refractivity contribution in [1.82, 2.24) is 9.80 Å². The molecule has 2 rings (SSSR count). The van der Waals surface area contributed by atoms with Gasteiger partial charge in [-0.1, -0.05) is 19.3 Å². The predicted molar refractivity (Wildman–Crippen MR) is 85.1 cm³/mol. The van der Waals surface area contributed by atoms with Crippen molar-refractivity contribution < 1.29 is 9.90 Å². The summed E-state index contributed by atoms with van der Waals surface area (Å²) in [7, 11) is 1.98. The van der Waals surface area contributed by atoms with Gasteiger partial charge >= 0.3 is 0 Å². The van der Waals surface area contributed by atoms with Crippen molar-refractivity contribution in [3.05, 3.63) is 0 Å². The first kappa shape index (κ1) is 16.8. The fourth-order valence-corrected chi connectivity index (χ4v) is 3.66. The summed E-state index contributed by atoms with van der Waals surface area (Å²) >= 11 is 0. The molecule has 0 bridgehead atoms. The van der Waals surface area contributed by atoms with Crippen LogP contribution in [0.15, 0.2) is 0 Å². The Kier molecular flexibility index (Phi) is 5.67. The van der Waals surface area contributed by atoms with Gasteiger partial charge in [-0.15, -0.1) is 0 Å². The van der Waals surface area contributed by atoms with Crippen molar-refractivity contribution in [1.29, 1.82) is 0 Å². The summed E-state index contributed by atoms with van der Waals surface area (Å²) in [6, 6.07) is 0.343. The Hall–Kier alpha value is -0.610. The zero-order chi connectivity index (χ0) is 15.5. The highest BCUT2D eigenvalue weighted by Crippen LogP contribution is 2.29. The molecule has 2 fully saturated rings. The van der Waals surface area contributed by atoms with Crippen LogP contribution in [-0.2, 0) is 4.79 Å². The molecule has 0 spiro atoms. The number of hydrogen-bond donors (Lipinski definition) is 1. The Morgan fingerprint density at radius 1 is 1.29 bits per heavy atom. The van der Waals surface area contributed by atoms with E-state index in [1.165, 1.54) is 32.1 Å². The van der Waals surface area contributed by atoms with Gasteiger partial charge < -0.3 is 14.9 Å². The highest BCUT2D eigenvalue weighted by atomic mass is 16.3. The van der Waals surface area contributed by atoms with Crippen molar-refractivity contribution in [3.63, 3.8) is 0 Å². The molecule has 0 radical (unpaired) electrons. The van der Waals surface area contributed by atoms with Crippen LogP contribution >= 0.6 is 0 Å². The Bertz CT molecular complexity index is 353. The monoisotopic (exact) mass is 296 g/mol. The molecule has 0 aromatic rings. The summed E-state index contributed by atoms with van der Waals surface area (Å²) in [4.78, 5) is 16.7. The average Bonchev–Trinajstić information content (AvgIpc) is 2.45. The lowest BCUT2D eigenvalue weighted by molar-refractivity contribution is -0.160. The van der Waals surface area contributed by atoms with Gasteiger partial charge in [-0.3, -0.25) is 4.79 Å². The molecule has 0 unspecified atom stereocenters. The van der Waals surface area contributed by atoms with Gasteiger partial charge in [-0.05, 0) is 52.5 Å². The van der Waals surface area contributed by atoms with Gasteiger partial charge in [-0.2, -0.15) is 0 Å². The van der Waals surface area contributed by atoms with Crippen LogP contribution in [0.25, 0.3) is 0 Å². The molecule has 1 N–H and O–H groups in total. The average molecular weight is 296 g/mol. The van der Waals surface area contributed by atoms with Crippen LogP contribution in [0.3, 0.4) is 0 Å². The fourth-order valence-electron chi connectivity index (χ4n) is 3.66. The third kappa shape index (κ3) is 4.19. The molecule has 0 aromatic carbocycles. The van der Waals surface area contributed by atoms with E-state index in [2.05, 4.69) is 18.7 Å². The molecule has 4 heteroatoms. The van der Waals surface area contributed by atoms with Crippen LogP contribution < -0.4 is 0 Å². The maximum atomic E-state index is 12.7. The first-order valence-corrected chi connectivity index (χ1v) is 8.64. The van der Waals surface area contributed by atoms with Crippen LogP contribution in [0, 0.1) is 5.92 Å². The standard InChI is InChI=1S/C17H32N2O2/c1-14(2)18(3)13-17(21)10-7-11-19(16(17)20)12-15-8-5-4-6-9-15/h14-15,21H,4-13H2,1-3H3/t17-/m1/s1. The number of aliphatic hydroxyl groups is 1. The molecule has 1 amide bonds. The molecule has 1 aliphatic heterocycles. The summed E-state index contributed by atoms with van der Waals surface area (Å²) in [6.07, 6.45) is 7.95. The summed E-state index contributed by atoms with van der Waals surface area (Å²) in [5.74, 6) is 0.611. The topological polar surface area (TPSA) is 43.8 Å². The minimum Gasteiger partial charge on any atom is -0.379 e. The Morgan fingerprint density at radius 3 is 2.57 bits per heavy atom. The molecule has 2 aliphatic rings. The van der Waals surface area contributed by atoms with Crippen LogP contribution in [0.2, 0.25) is 0 Å². The van der Waals surface area contributed by atoms with Gasteiger partial charge in [0, 0.05) is 25.7 Å². The van der Waals surface area contributed by atoms with Gasteiger partial charge in [0.2, 0.25) is 0 Å². The van der Waals surface area contributed by atoms with Gasteiger partial charge in [0.1, 0.15) is 0 Å². The molecule has 1 saturated heterocycles. The maximum absolute atomic E-state index is 12.7. The largest absolute Gasteiger partial charge is 0.379 e. The highest BCUT2D eigenvalue weighted by Gasteiger charge is 2.43. The Balaban J connectivity index is 1.96. The van der Waals surface area contributed by atoms with Crippen LogP contribution in [-0.4, -0.2) is 59.1 Å². The van der Waals surface area contributed by atoms with E-state index in [-0.39, 0.29) is 5.91 Å². The number of piperidine rings is 1. The Morgan fingerprint density at radius 2 is 1.95 bits per heavy atom. The molecule has 4 nitrogen and oxygen atoms in total. The summed E-state index contributed by atoms with van der Waals surface area (Å²) in [5, 5.41) is 10.8. The van der Waals surface area contributed by atoms with Crippen molar-refractivity contribution in [2.75, 3.05) is 26.7 Å². The van der Waals surface area contributed by atoms with Crippen molar-refractivity contribution in [2.45, 2.75) is 70.4 Å².